The zero-order valence-corrected chi connectivity index (χ0v) is 24.4. The van der Waals surface area contributed by atoms with Gasteiger partial charge in [-0.05, 0) is 101 Å². The fraction of sp³-hybridized carbons (Fsp3) is 0. The van der Waals surface area contributed by atoms with Crippen molar-refractivity contribution in [1.82, 2.24) is 0 Å². The van der Waals surface area contributed by atoms with Crippen LogP contribution in [-0.4, -0.2) is 0 Å². The molecule has 1 heteroatoms. The van der Waals surface area contributed by atoms with Gasteiger partial charge in [-0.25, -0.2) is 0 Å². The largest absolute Gasteiger partial charge is 0.456 e. The summed E-state index contributed by atoms with van der Waals surface area (Å²) in [6, 6.07) is 57.3. The molecule has 0 saturated carbocycles. The first-order chi connectivity index (χ1) is 22.3. The van der Waals surface area contributed by atoms with Crippen LogP contribution >= 0.6 is 0 Å². The number of para-hydroxylation sites is 1. The summed E-state index contributed by atoms with van der Waals surface area (Å²) < 4.78 is 6.47. The van der Waals surface area contributed by atoms with Crippen LogP contribution in [-0.2, 0) is 0 Å². The second-order valence-corrected chi connectivity index (χ2v) is 12.0. The van der Waals surface area contributed by atoms with Gasteiger partial charge in [-0.15, -0.1) is 0 Å². The third-order valence-corrected chi connectivity index (χ3v) is 9.64. The number of hydrogen-bond donors (Lipinski definition) is 0. The molecule has 9 aromatic carbocycles. The fourth-order valence-corrected chi connectivity index (χ4v) is 7.77. The van der Waals surface area contributed by atoms with Gasteiger partial charge in [-0.1, -0.05) is 133 Å². The fourth-order valence-electron chi connectivity index (χ4n) is 7.77. The summed E-state index contributed by atoms with van der Waals surface area (Å²) in [5, 5.41) is 12.5. The van der Waals surface area contributed by atoms with Crippen LogP contribution in [0.15, 0.2) is 158 Å². The Balaban J connectivity index is 1.35. The smallest absolute Gasteiger partial charge is 0.135 e. The van der Waals surface area contributed by atoms with Crippen molar-refractivity contribution in [3.05, 3.63) is 158 Å². The summed E-state index contributed by atoms with van der Waals surface area (Å²) in [6.45, 7) is 0. The molecule has 0 radical (unpaired) electrons. The van der Waals surface area contributed by atoms with E-state index in [4.69, 9.17) is 4.74 Å². The molecule has 0 aromatic heterocycles. The van der Waals surface area contributed by atoms with Crippen LogP contribution in [0.2, 0.25) is 0 Å². The highest BCUT2D eigenvalue weighted by Crippen LogP contribution is 2.51. The zero-order valence-electron chi connectivity index (χ0n) is 24.4. The molecule has 208 valence electrons. The number of fused-ring (bicyclic) bond motifs is 7. The summed E-state index contributed by atoms with van der Waals surface area (Å²) in [6.07, 6.45) is 0. The molecule has 1 heterocycles. The van der Waals surface area contributed by atoms with Crippen LogP contribution in [0.3, 0.4) is 0 Å². The van der Waals surface area contributed by atoms with E-state index < -0.39 is 0 Å². The summed E-state index contributed by atoms with van der Waals surface area (Å²) in [5.41, 5.74) is 7.40. The molecule has 0 bridgehead atoms. The highest BCUT2D eigenvalue weighted by atomic mass is 16.5. The number of benzene rings is 9. The molecule has 1 aliphatic rings. The van der Waals surface area contributed by atoms with Gasteiger partial charge in [0.25, 0.3) is 0 Å². The van der Waals surface area contributed by atoms with E-state index in [-0.39, 0.29) is 0 Å². The average Bonchev–Trinajstić information content (AvgIpc) is 3.11. The second kappa shape index (κ2) is 9.29. The van der Waals surface area contributed by atoms with Crippen molar-refractivity contribution in [2.24, 2.45) is 0 Å². The lowest BCUT2D eigenvalue weighted by molar-refractivity contribution is 0.487. The van der Waals surface area contributed by atoms with E-state index in [1.165, 1.54) is 81.7 Å². The lowest BCUT2D eigenvalue weighted by atomic mass is 9.82. The number of rotatable bonds is 2. The van der Waals surface area contributed by atoms with E-state index in [2.05, 4.69) is 152 Å². The minimum atomic E-state index is 0.910. The monoisotopic (exact) mass is 570 g/mol. The van der Waals surface area contributed by atoms with Gasteiger partial charge in [0.05, 0.1) is 0 Å². The van der Waals surface area contributed by atoms with Crippen LogP contribution in [0.4, 0.5) is 0 Å². The van der Waals surface area contributed by atoms with Gasteiger partial charge in [-0.2, -0.15) is 0 Å². The number of hydrogen-bond acceptors (Lipinski definition) is 1. The van der Waals surface area contributed by atoms with Crippen LogP contribution in [0, 0.1) is 0 Å². The van der Waals surface area contributed by atoms with Gasteiger partial charge in [0.1, 0.15) is 11.5 Å². The van der Waals surface area contributed by atoms with E-state index in [0.717, 1.165) is 17.1 Å². The van der Waals surface area contributed by atoms with Gasteiger partial charge < -0.3 is 4.74 Å². The van der Waals surface area contributed by atoms with Crippen LogP contribution in [0.25, 0.3) is 87.2 Å². The molecular weight excluding hydrogens is 544 g/mol. The quantitative estimate of drug-likeness (QED) is 0.148. The highest BCUT2D eigenvalue weighted by molar-refractivity contribution is 6.27. The molecular formula is C44H26O. The minimum absolute atomic E-state index is 0.910. The predicted octanol–water partition coefficient (Wildman–Crippen LogP) is 12.6. The normalized spacial score (nSPS) is 12.2. The lowest BCUT2D eigenvalue weighted by Gasteiger charge is -2.24. The molecule has 0 saturated heterocycles. The molecule has 0 aliphatic carbocycles. The van der Waals surface area contributed by atoms with E-state index in [1.54, 1.807) is 0 Å². The van der Waals surface area contributed by atoms with Crippen molar-refractivity contribution in [3.63, 3.8) is 0 Å². The van der Waals surface area contributed by atoms with Crippen molar-refractivity contribution in [1.29, 1.82) is 0 Å². The standard InChI is InChI=1S/C44H26O/c1-2-13-28-27(12-1)26-39(30-15-4-3-14-29(28)30)43-35-19-7-5-17-33(35)42(34-18-6-8-20-36(34)43)38-24-25-41-44-32(21-11-22-37(38)44)31-16-9-10-23-40(31)45-41/h1-26H. The van der Waals surface area contributed by atoms with Crippen molar-refractivity contribution < 1.29 is 4.74 Å². The Bertz CT molecular complexity index is 2620. The molecule has 10 rings (SSSR count). The second-order valence-electron chi connectivity index (χ2n) is 12.0. The Hall–Kier alpha value is -5.92. The average molecular weight is 571 g/mol. The molecule has 0 spiro atoms. The van der Waals surface area contributed by atoms with Crippen molar-refractivity contribution in [2.45, 2.75) is 0 Å². The first kappa shape index (κ1) is 24.5. The molecule has 45 heavy (non-hydrogen) atoms. The SMILES string of the molecule is c1ccc2c(c1)Oc1ccc(-c3c4ccccc4c(-c4cc5ccccc5c5ccccc45)c4ccccc34)c3cccc-2c13. The summed E-state index contributed by atoms with van der Waals surface area (Å²) >= 11 is 0. The summed E-state index contributed by atoms with van der Waals surface area (Å²) in [4.78, 5) is 0. The summed E-state index contributed by atoms with van der Waals surface area (Å²) in [7, 11) is 0. The first-order valence-electron chi connectivity index (χ1n) is 15.5. The van der Waals surface area contributed by atoms with Crippen molar-refractivity contribution >= 4 is 53.9 Å². The zero-order chi connectivity index (χ0) is 29.5. The third-order valence-electron chi connectivity index (χ3n) is 9.64. The van der Waals surface area contributed by atoms with Gasteiger partial charge >= 0.3 is 0 Å². The Kier molecular flexibility index (Phi) is 5.06. The molecule has 9 aromatic rings. The highest BCUT2D eigenvalue weighted by Gasteiger charge is 2.24. The maximum atomic E-state index is 6.47. The van der Waals surface area contributed by atoms with Crippen LogP contribution in [0.5, 0.6) is 11.5 Å². The Morgan fingerprint density at radius 2 is 0.822 bits per heavy atom. The van der Waals surface area contributed by atoms with E-state index in [0.29, 0.717) is 0 Å². The number of ether oxygens (including phenoxy) is 1. The van der Waals surface area contributed by atoms with Crippen LogP contribution < -0.4 is 4.74 Å². The van der Waals surface area contributed by atoms with Gasteiger partial charge in [0.2, 0.25) is 0 Å². The maximum Gasteiger partial charge on any atom is 0.135 e. The first-order valence-corrected chi connectivity index (χ1v) is 15.5. The van der Waals surface area contributed by atoms with E-state index in [9.17, 15) is 0 Å². The molecule has 1 aliphatic heterocycles. The molecule has 0 atom stereocenters. The molecule has 0 fully saturated rings. The van der Waals surface area contributed by atoms with Crippen molar-refractivity contribution in [2.75, 3.05) is 0 Å². The van der Waals surface area contributed by atoms with E-state index in [1.807, 2.05) is 6.07 Å². The van der Waals surface area contributed by atoms with Crippen LogP contribution in [0.1, 0.15) is 0 Å². The lowest BCUT2D eigenvalue weighted by Crippen LogP contribution is -1.98. The predicted molar refractivity (Wildman–Crippen MR) is 190 cm³/mol. The van der Waals surface area contributed by atoms with Gasteiger partial charge in [-0.3, -0.25) is 0 Å². The Morgan fingerprint density at radius 3 is 1.56 bits per heavy atom. The Morgan fingerprint density at radius 1 is 0.289 bits per heavy atom. The topological polar surface area (TPSA) is 9.23 Å². The van der Waals surface area contributed by atoms with E-state index >= 15 is 0 Å². The third kappa shape index (κ3) is 3.44. The molecule has 1 nitrogen and oxygen atoms in total. The van der Waals surface area contributed by atoms with Crippen molar-refractivity contribution in [3.8, 4) is 44.9 Å². The molecule has 0 N–H and O–H groups in total. The minimum Gasteiger partial charge on any atom is -0.456 e. The molecule has 0 unspecified atom stereocenters. The Labute approximate surface area is 260 Å². The molecule has 0 amide bonds. The maximum absolute atomic E-state index is 6.47. The van der Waals surface area contributed by atoms with Gasteiger partial charge in [0, 0.05) is 10.9 Å². The van der Waals surface area contributed by atoms with Gasteiger partial charge in [0.15, 0.2) is 0 Å². The summed E-state index contributed by atoms with van der Waals surface area (Å²) in [5.74, 6) is 1.82.